The van der Waals surface area contributed by atoms with Crippen molar-refractivity contribution >= 4 is 11.6 Å². The fourth-order valence-electron chi connectivity index (χ4n) is 5.85. The molecule has 0 bridgehead atoms. The van der Waals surface area contributed by atoms with Crippen LogP contribution in [0.2, 0.25) is 0 Å². The first-order valence-electron chi connectivity index (χ1n) is 11.4. The number of nitrogens with one attached hydrogen (secondary N) is 1. The van der Waals surface area contributed by atoms with Gasteiger partial charge in [0.2, 0.25) is 5.91 Å². The smallest absolute Gasteiger partial charge is 0.229 e. The van der Waals surface area contributed by atoms with Crippen LogP contribution in [-0.2, 0) is 10.3 Å². The van der Waals surface area contributed by atoms with Crippen molar-refractivity contribution in [1.82, 2.24) is 10.1 Å². The number of benzene rings is 2. The van der Waals surface area contributed by atoms with Crippen LogP contribution in [0.25, 0.3) is 11.1 Å². The molecule has 0 saturated carbocycles. The maximum absolute atomic E-state index is 13.3. The van der Waals surface area contributed by atoms with Gasteiger partial charge in [0, 0.05) is 29.4 Å². The number of aliphatic hydroxyl groups is 2. The summed E-state index contributed by atoms with van der Waals surface area (Å²) in [5.74, 6) is 0.177. The minimum atomic E-state index is -0.862. The Hall–Kier alpha value is -3.00. The van der Waals surface area contributed by atoms with Crippen molar-refractivity contribution in [3.63, 3.8) is 0 Å². The van der Waals surface area contributed by atoms with Crippen LogP contribution in [0.3, 0.4) is 0 Å². The van der Waals surface area contributed by atoms with Crippen LogP contribution in [0.4, 0.5) is 5.69 Å². The Kier molecular flexibility index (Phi) is 5.35. The number of rotatable bonds is 4. The largest absolute Gasteiger partial charge is 0.395 e. The number of β-amino-alcohol motifs (C(OH)–C–C–N with tert-alkyl or cyclic N) is 1. The standard InChI is InChI=1S/C26H29N3O4/c1-15-25(32)27-23-10-9-18(24-16(2)28-33-17(24)3)11-22(23)26(15,19-7-5-4-6-8-19)29-13-21(31)12-20(29)14-30/h4-11,15,20-21,30-31H,12-14H2,1-3H3,(H,27,32). The van der Waals surface area contributed by atoms with Gasteiger partial charge in [0.25, 0.3) is 0 Å². The number of aryl methyl sites for hydroxylation is 2. The van der Waals surface area contributed by atoms with Crippen LogP contribution in [0.15, 0.2) is 53.1 Å². The van der Waals surface area contributed by atoms with E-state index in [1.54, 1.807) is 0 Å². The summed E-state index contributed by atoms with van der Waals surface area (Å²) in [5, 5.41) is 28.0. The van der Waals surface area contributed by atoms with Crippen molar-refractivity contribution in [3.05, 3.63) is 71.1 Å². The molecule has 3 heterocycles. The molecule has 0 aliphatic carbocycles. The van der Waals surface area contributed by atoms with E-state index in [-0.39, 0.29) is 18.6 Å². The number of amides is 1. The predicted molar refractivity (Wildman–Crippen MR) is 125 cm³/mol. The number of likely N-dealkylation sites (tertiary alicyclic amines) is 1. The molecule has 3 aromatic rings. The van der Waals surface area contributed by atoms with E-state index in [0.717, 1.165) is 39.4 Å². The second-order valence-corrected chi connectivity index (χ2v) is 9.18. The fraction of sp³-hybridized carbons (Fsp3) is 0.385. The lowest BCUT2D eigenvalue weighted by Crippen LogP contribution is -2.59. The number of carbonyl (C=O) groups is 1. The van der Waals surface area contributed by atoms with Gasteiger partial charge in [-0.3, -0.25) is 9.69 Å². The fourth-order valence-corrected chi connectivity index (χ4v) is 5.85. The second-order valence-electron chi connectivity index (χ2n) is 9.18. The number of hydrogen-bond acceptors (Lipinski definition) is 6. The van der Waals surface area contributed by atoms with Crippen LogP contribution >= 0.6 is 0 Å². The molecule has 5 rings (SSSR count). The van der Waals surface area contributed by atoms with Gasteiger partial charge in [-0.05, 0) is 43.5 Å². The molecule has 2 aromatic carbocycles. The Morgan fingerprint density at radius 2 is 1.97 bits per heavy atom. The summed E-state index contributed by atoms with van der Waals surface area (Å²) in [5.41, 5.74) is 4.45. The third-order valence-corrected chi connectivity index (χ3v) is 7.30. The molecule has 2 aliphatic heterocycles. The molecule has 0 radical (unpaired) electrons. The number of aromatic nitrogens is 1. The molecule has 3 N–H and O–H groups in total. The van der Waals surface area contributed by atoms with E-state index >= 15 is 0 Å². The second kappa shape index (κ2) is 8.09. The Morgan fingerprint density at radius 3 is 2.64 bits per heavy atom. The zero-order valence-corrected chi connectivity index (χ0v) is 19.1. The number of aliphatic hydroxyl groups excluding tert-OH is 2. The third kappa shape index (κ3) is 3.22. The summed E-state index contributed by atoms with van der Waals surface area (Å²) in [7, 11) is 0. The molecule has 2 aliphatic rings. The quantitative estimate of drug-likeness (QED) is 0.568. The molecule has 1 fully saturated rings. The number of hydrogen-bond donors (Lipinski definition) is 3. The van der Waals surface area contributed by atoms with Gasteiger partial charge in [-0.15, -0.1) is 0 Å². The zero-order valence-electron chi connectivity index (χ0n) is 19.1. The molecule has 0 spiro atoms. The van der Waals surface area contributed by atoms with Gasteiger partial charge in [0.15, 0.2) is 0 Å². The Balaban J connectivity index is 1.83. The van der Waals surface area contributed by atoms with Gasteiger partial charge in [0.05, 0.1) is 29.9 Å². The average Bonchev–Trinajstić information content (AvgIpc) is 3.36. The van der Waals surface area contributed by atoms with Crippen molar-refractivity contribution in [2.24, 2.45) is 5.92 Å². The van der Waals surface area contributed by atoms with Gasteiger partial charge < -0.3 is 20.1 Å². The highest BCUT2D eigenvalue weighted by molar-refractivity contribution is 5.98. The first-order valence-corrected chi connectivity index (χ1v) is 11.4. The molecule has 7 heteroatoms. The van der Waals surface area contributed by atoms with E-state index in [2.05, 4.69) is 21.4 Å². The zero-order chi connectivity index (χ0) is 23.3. The number of nitrogens with zero attached hydrogens (tertiary/aromatic N) is 2. The summed E-state index contributed by atoms with van der Waals surface area (Å²) >= 11 is 0. The number of anilines is 1. The summed E-state index contributed by atoms with van der Waals surface area (Å²) in [6.07, 6.45) is -0.118. The average molecular weight is 448 g/mol. The topological polar surface area (TPSA) is 98.8 Å². The lowest BCUT2D eigenvalue weighted by atomic mass is 9.68. The van der Waals surface area contributed by atoms with Gasteiger partial charge in [-0.2, -0.15) is 0 Å². The monoisotopic (exact) mass is 447 g/mol. The summed E-state index contributed by atoms with van der Waals surface area (Å²) in [6.45, 7) is 6.00. The molecular weight excluding hydrogens is 418 g/mol. The molecule has 4 atom stereocenters. The number of fused-ring (bicyclic) bond motifs is 1. The van der Waals surface area contributed by atoms with Crippen molar-refractivity contribution in [1.29, 1.82) is 0 Å². The summed E-state index contributed by atoms with van der Waals surface area (Å²) < 4.78 is 5.42. The highest BCUT2D eigenvalue weighted by Gasteiger charge is 2.55. The van der Waals surface area contributed by atoms with Crippen LogP contribution in [0.1, 0.15) is 35.9 Å². The molecule has 1 saturated heterocycles. The van der Waals surface area contributed by atoms with Crippen LogP contribution in [0, 0.1) is 19.8 Å². The van der Waals surface area contributed by atoms with Gasteiger partial charge in [-0.1, -0.05) is 48.5 Å². The maximum Gasteiger partial charge on any atom is 0.229 e. The van der Waals surface area contributed by atoms with Crippen molar-refractivity contribution in [3.8, 4) is 11.1 Å². The Morgan fingerprint density at radius 1 is 1.21 bits per heavy atom. The van der Waals surface area contributed by atoms with Gasteiger partial charge in [-0.25, -0.2) is 0 Å². The highest BCUT2D eigenvalue weighted by Crippen LogP contribution is 2.52. The minimum absolute atomic E-state index is 0.0884. The highest BCUT2D eigenvalue weighted by atomic mass is 16.5. The first-order chi connectivity index (χ1) is 15.9. The minimum Gasteiger partial charge on any atom is -0.395 e. The van der Waals surface area contributed by atoms with Gasteiger partial charge in [0.1, 0.15) is 5.76 Å². The molecule has 4 unspecified atom stereocenters. The van der Waals surface area contributed by atoms with E-state index in [1.165, 1.54) is 0 Å². The van der Waals surface area contributed by atoms with E-state index in [9.17, 15) is 15.0 Å². The predicted octanol–water partition coefficient (Wildman–Crippen LogP) is 3.22. The Labute approximate surface area is 193 Å². The maximum atomic E-state index is 13.3. The van der Waals surface area contributed by atoms with E-state index in [0.29, 0.717) is 13.0 Å². The summed E-state index contributed by atoms with van der Waals surface area (Å²) in [4.78, 5) is 15.4. The molecule has 1 aromatic heterocycles. The van der Waals surface area contributed by atoms with E-state index < -0.39 is 17.6 Å². The number of carbonyl (C=O) groups excluding carboxylic acids is 1. The lowest BCUT2D eigenvalue weighted by molar-refractivity contribution is -0.125. The van der Waals surface area contributed by atoms with Crippen molar-refractivity contribution < 1.29 is 19.5 Å². The van der Waals surface area contributed by atoms with E-state index in [1.807, 2.05) is 63.2 Å². The third-order valence-electron chi connectivity index (χ3n) is 7.30. The lowest BCUT2D eigenvalue weighted by Gasteiger charge is -2.51. The molecule has 33 heavy (non-hydrogen) atoms. The molecule has 7 nitrogen and oxygen atoms in total. The normalized spacial score (nSPS) is 27.4. The van der Waals surface area contributed by atoms with Crippen molar-refractivity contribution in [2.75, 3.05) is 18.5 Å². The van der Waals surface area contributed by atoms with Crippen LogP contribution < -0.4 is 5.32 Å². The van der Waals surface area contributed by atoms with Crippen LogP contribution in [0.5, 0.6) is 0 Å². The first kappa shape index (κ1) is 21.8. The van der Waals surface area contributed by atoms with Crippen molar-refractivity contribution in [2.45, 2.75) is 44.9 Å². The van der Waals surface area contributed by atoms with Gasteiger partial charge >= 0.3 is 0 Å². The van der Waals surface area contributed by atoms with Crippen LogP contribution in [-0.4, -0.2) is 51.5 Å². The molecule has 172 valence electrons. The molecular formula is C26H29N3O4. The van der Waals surface area contributed by atoms with E-state index in [4.69, 9.17) is 4.52 Å². The summed E-state index contributed by atoms with van der Waals surface area (Å²) in [6, 6.07) is 15.7. The molecule has 1 amide bonds. The SMILES string of the molecule is Cc1noc(C)c1-c1ccc2c(c1)C(c1ccccc1)(N1CC(O)CC1CO)C(C)C(=O)N2. The Bertz CT molecular complexity index is 1170.